The number of benzene rings is 4. The zero-order valence-corrected chi connectivity index (χ0v) is 20.7. The van der Waals surface area contributed by atoms with E-state index in [1.54, 1.807) is 0 Å². The van der Waals surface area contributed by atoms with E-state index in [-0.39, 0.29) is 0 Å². The van der Waals surface area contributed by atoms with E-state index in [0.29, 0.717) is 0 Å². The number of nitrogens with zero attached hydrogens (tertiary/aromatic N) is 1. The fraction of sp³-hybridized carbons (Fsp3) is 0. The summed E-state index contributed by atoms with van der Waals surface area (Å²) < 4.78 is 2.06. The predicted molar refractivity (Wildman–Crippen MR) is 143 cm³/mol. The summed E-state index contributed by atoms with van der Waals surface area (Å²) in [6, 6.07) is 34.6. The fourth-order valence-electron chi connectivity index (χ4n) is 3.56. The van der Waals surface area contributed by atoms with Crippen LogP contribution < -0.4 is 0 Å². The lowest BCUT2D eigenvalue weighted by atomic mass is 10.1. The third-order valence-corrected chi connectivity index (χ3v) is 6.47. The van der Waals surface area contributed by atoms with Crippen molar-refractivity contribution in [3.8, 4) is 45.7 Å². The van der Waals surface area contributed by atoms with Gasteiger partial charge in [-0.25, -0.2) is 4.98 Å². The molecule has 158 valence electrons. The lowest BCUT2D eigenvalue weighted by molar-refractivity contribution is 1.31. The molecule has 5 aromatic rings. The average Bonchev–Trinajstić information content (AvgIpc) is 3.30. The van der Waals surface area contributed by atoms with Gasteiger partial charge in [0.2, 0.25) is 0 Å². The molecule has 1 N–H and O–H groups in total. The summed E-state index contributed by atoms with van der Waals surface area (Å²) in [5.74, 6) is 7.25. The minimum absolute atomic E-state index is 0.821. The first-order valence-electron chi connectivity index (χ1n) is 10.5. The molecule has 0 spiro atoms. The molecule has 1 heterocycles. The topological polar surface area (TPSA) is 28.7 Å². The van der Waals surface area contributed by atoms with Crippen LogP contribution in [-0.2, 0) is 0 Å². The number of hydrogen-bond acceptors (Lipinski definition) is 1. The van der Waals surface area contributed by atoms with E-state index in [4.69, 9.17) is 4.98 Å². The highest BCUT2D eigenvalue weighted by Gasteiger charge is 2.17. The van der Waals surface area contributed by atoms with E-state index in [1.165, 1.54) is 0 Å². The molecule has 33 heavy (non-hydrogen) atoms. The molecule has 0 unspecified atom stereocenters. The van der Waals surface area contributed by atoms with Crippen molar-refractivity contribution in [3.63, 3.8) is 0 Å². The lowest BCUT2D eigenvalue weighted by Gasteiger charge is -2.05. The number of imidazole rings is 1. The molecule has 1 aromatic heterocycles. The molecule has 0 amide bonds. The van der Waals surface area contributed by atoms with Crippen LogP contribution >= 0.6 is 31.9 Å². The van der Waals surface area contributed by atoms with Gasteiger partial charge in [-0.15, -0.1) is 0 Å². The highest BCUT2D eigenvalue weighted by Crippen LogP contribution is 2.36. The fourth-order valence-corrected chi connectivity index (χ4v) is 4.31. The number of rotatable bonds is 3. The van der Waals surface area contributed by atoms with Gasteiger partial charge in [-0.1, -0.05) is 104 Å². The van der Waals surface area contributed by atoms with E-state index >= 15 is 0 Å². The van der Waals surface area contributed by atoms with Crippen molar-refractivity contribution >= 4 is 31.9 Å². The second-order valence-corrected chi connectivity index (χ2v) is 9.26. The predicted octanol–water partition coefficient (Wildman–Crippen LogP) is 8.34. The summed E-state index contributed by atoms with van der Waals surface area (Å²) in [4.78, 5) is 8.55. The molecule has 0 saturated carbocycles. The van der Waals surface area contributed by atoms with Crippen molar-refractivity contribution in [1.82, 2.24) is 9.97 Å². The van der Waals surface area contributed by atoms with E-state index in [1.807, 2.05) is 72.8 Å². The van der Waals surface area contributed by atoms with Crippen LogP contribution in [0.1, 0.15) is 11.1 Å². The minimum atomic E-state index is 0.821. The Morgan fingerprint density at radius 3 is 1.91 bits per heavy atom. The second kappa shape index (κ2) is 9.62. The van der Waals surface area contributed by atoms with Crippen LogP contribution in [0.4, 0.5) is 0 Å². The molecule has 0 atom stereocenters. The largest absolute Gasteiger partial charge is 0.337 e. The SMILES string of the molecule is Brc1ccc(-c2nc(-c3ccc(C#Cc4ccccc4)cc3)[nH]c2-c2ccccc2Br)cc1. The number of H-pyrrole nitrogens is 1. The van der Waals surface area contributed by atoms with Crippen molar-refractivity contribution in [2.24, 2.45) is 0 Å². The summed E-state index contributed by atoms with van der Waals surface area (Å²) in [6.45, 7) is 0. The Kier molecular flexibility index (Phi) is 6.26. The Hall–Kier alpha value is -3.39. The highest BCUT2D eigenvalue weighted by atomic mass is 79.9. The van der Waals surface area contributed by atoms with Crippen LogP contribution in [0.3, 0.4) is 0 Å². The monoisotopic (exact) mass is 552 g/mol. The molecule has 0 aliphatic carbocycles. The molecular weight excluding hydrogens is 536 g/mol. The smallest absolute Gasteiger partial charge is 0.138 e. The van der Waals surface area contributed by atoms with Crippen molar-refractivity contribution in [3.05, 3.63) is 123 Å². The van der Waals surface area contributed by atoms with E-state index in [2.05, 4.69) is 79.0 Å². The van der Waals surface area contributed by atoms with Gasteiger partial charge in [0.05, 0.1) is 11.4 Å². The van der Waals surface area contributed by atoms with Crippen molar-refractivity contribution in [2.75, 3.05) is 0 Å². The molecule has 4 aromatic carbocycles. The molecule has 4 heteroatoms. The van der Waals surface area contributed by atoms with Gasteiger partial charge >= 0.3 is 0 Å². The number of aromatic nitrogens is 2. The number of hydrogen-bond donors (Lipinski definition) is 1. The Morgan fingerprint density at radius 1 is 0.606 bits per heavy atom. The number of aromatic amines is 1. The van der Waals surface area contributed by atoms with Gasteiger partial charge in [0.15, 0.2) is 0 Å². The summed E-state index contributed by atoms with van der Waals surface area (Å²) in [6.07, 6.45) is 0. The van der Waals surface area contributed by atoms with Crippen LogP contribution in [0.2, 0.25) is 0 Å². The molecule has 0 aliphatic rings. The first-order chi connectivity index (χ1) is 16.2. The number of halogens is 2. The van der Waals surface area contributed by atoms with Crippen LogP contribution in [-0.4, -0.2) is 9.97 Å². The standard InChI is InChI=1S/C29H18Br2N2/c30-24-18-16-22(17-19-24)27-28(25-8-4-5-9-26(25)31)33-29(32-27)23-14-12-21(13-15-23)11-10-20-6-2-1-3-7-20/h1-9,12-19H,(H,32,33). The Bertz CT molecular complexity index is 1460. The molecule has 0 fully saturated rings. The maximum Gasteiger partial charge on any atom is 0.138 e. The normalized spacial score (nSPS) is 10.5. The quantitative estimate of drug-likeness (QED) is 0.223. The summed E-state index contributed by atoms with van der Waals surface area (Å²) in [5.41, 5.74) is 7.00. The summed E-state index contributed by atoms with van der Waals surface area (Å²) in [5, 5.41) is 0. The molecule has 2 nitrogen and oxygen atoms in total. The Labute approximate surface area is 210 Å². The van der Waals surface area contributed by atoms with Gasteiger partial charge in [0.25, 0.3) is 0 Å². The van der Waals surface area contributed by atoms with Gasteiger partial charge in [-0.05, 0) is 42.5 Å². The average molecular weight is 554 g/mol. The minimum Gasteiger partial charge on any atom is -0.337 e. The zero-order chi connectivity index (χ0) is 22.6. The van der Waals surface area contributed by atoms with E-state index in [9.17, 15) is 0 Å². The molecule has 0 saturated heterocycles. The van der Waals surface area contributed by atoms with Crippen molar-refractivity contribution in [2.45, 2.75) is 0 Å². The second-order valence-electron chi connectivity index (χ2n) is 7.49. The van der Waals surface area contributed by atoms with Gasteiger partial charge in [-0.3, -0.25) is 0 Å². The van der Waals surface area contributed by atoms with E-state index in [0.717, 1.165) is 54.0 Å². The maximum absolute atomic E-state index is 4.99. The summed E-state index contributed by atoms with van der Waals surface area (Å²) in [7, 11) is 0. The molecule has 0 radical (unpaired) electrons. The molecule has 5 rings (SSSR count). The highest BCUT2D eigenvalue weighted by molar-refractivity contribution is 9.10. The summed E-state index contributed by atoms with van der Waals surface area (Å²) >= 11 is 7.21. The van der Waals surface area contributed by atoms with Crippen LogP contribution in [0, 0.1) is 11.8 Å². The third kappa shape index (κ3) is 4.85. The maximum atomic E-state index is 4.99. The van der Waals surface area contributed by atoms with Crippen LogP contribution in [0.25, 0.3) is 33.9 Å². The lowest BCUT2D eigenvalue weighted by Crippen LogP contribution is -1.85. The Morgan fingerprint density at radius 2 is 1.21 bits per heavy atom. The molecular formula is C29H18Br2N2. The molecule has 0 bridgehead atoms. The first kappa shape index (κ1) is 21.5. The van der Waals surface area contributed by atoms with Gasteiger partial charge in [-0.2, -0.15) is 0 Å². The number of nitrogens with one attached hydrogen (secondary N) is 1. The van der Waals surface area contributed by atoms with Crippen molar-refractivity contribution in [1.29, 1.82) is 0 Å². The van der Waals surface area contributed by atoms with Gasteiger partial charge in [0, 0.05) is 36.8 Å². The molecule has 0 aliphatic heterocycles. The van der Waals surface area contributed by atoms with Gasteiger partial charge < -0.3 is 4.98 Å². The third-order valence-electron chi connectivity index (χ3n) is 5.25. The van der Waals surface area contributed by atoms with Gasteiger partial charge in [0.1, 0.15) is 5.82 Å². The van der Waals surface area contributed by atoms with Crippen LogP contribution in [0.5, 0.6) is 0 Å². The van der Waals surface area contributed by atoms with Crippen LogP contribution in [0.15, 0.2) is 112 Å². The Balaban J connectivity index is 1.54. The van der Waals surface area contributed by atoms with Crippen molar-refractivity contribution < 1.29 is 0 Å². The van der Waals surface area contributed by atoms with E-state index < -0.39 is 0 Å². The zero-order valence-electron chi connectivity index (χ0n) is 17.5. The first-order valence-corrected chi connectivity index (χ1v) is 12.0.